The predicted octanol–water partition coefficient (Wildman–Crippen LogP) is 2.79. The summed E-state index contributed by atoms with van der Waals surface area (Å²) in [6, 6.07) is 5.43. The third kappa shape index (κ3) is 2.60. The van der Waals surface area contributed by atoms with Gasteiger partial charge in [-0.2, -0.15) is 0 Å². The molecule has 0 radical (unpaired) electrons. The summed E-state index contributed by atoms with van der Waals surface area (Å²) in [7, 11) is 1.61. The Morgan fingerprint density at radius 2 is 2.05 bits per heavy atom. The molecule has 1 aromatic rings. The fraction of sp³-hybridized carbons (Fsp3) is 0.562. The Morgan fingerprint density at radius 1 is 1.25 bits per heavy atom. The summed E-state index contributed by atoms with van der Waals surface area (Å²) in [4.78, 5) is 0. The monoisotopic (exact) mass is 274 g/mol. The molecule has 0 amide bonds. The normalized spacial score (nSPS) is 27.6. The summed E-state index contributed by atoms with van der Waals surface area (Å²) in [5.41, 5.74) is 6.19. The van der Waals surface area contributed by atoms with Gasteiger partial charge >= 0.3 is 0 Å². The minimum absolute atomic E-state index is 0.0358. The van der Waals surface area contributed by atoms with Crippen molar-refractivity contribution in [3.63, 3.8) is 0 Å². The average molecular weight is 274 g/mol. The van der Waals surface area contributed by atoms with Gasteiger partial charge in [-0.05, 0) is 49.1 Å². The number of nitrogens with one attached hydrogen (secondary N) is 1. The highest BCUT2D eigenvalue weighted by Gasteiger charge is 2.39. The molecule has 108 valence electrons. The number of nitrogens with two attached hydrogens (primary N) is 1. The number of hydrogen-bond acceptors (Lipinski definition) is 3. The van der Waals surface area contributed by atoms with Crippen molar-refractivity contribution in [2.24, 2.45) is 23.5 Å². The first-order valence-corrected chi connectivity index (χ1v) is 7.32. The van der Waals surface area contributed by atoms with Crippen LogP contribution in [0.1, 0.15) is 31.2 Å². The van der Waals surface area contributed by atoms with Gasteiger partial charge in [-0.3, -0.25) is 5.41 Å². The van der Waals surface area contributed by atoms with E-state index in [2.05, 4.69) is 0 Å². The number of benzene rings is 1. The third-order valence-electron chi connectivity index (χ3n) is 4.78. The molecule has 2 bridgehead atoms. The van der Waals surface area contributed by atoms with Crippen LogP contribution in [0.2, 0.25) is 0 Å². The summed E-state index contributed by atoms with van der Waals surface area (Å²) >= 11 is 0. The van der Waals surface area contributed by atoms with Gasteiger partial charge in [0.2, 0.25) is 0 Å². The van der Waals surface area contributed by atoms with Gasteiger partial charge in [0.1, 0.15) is 17.3 Å². The first kappa shape index (κ1) is 13.3. The molecule has 3 N–H and O–H groups in total. The summed E-state index contributed by atoms with van der Waals surface area (Å²) < 4.78 is 11.2. The Hall–Kier alpha value is -1.71. The van der Waals surface area contributed by atoms with Gasteiger partial charge in [-0.25, -0.2) is 0 Å². The lowest BCUT2D eigenvalue weighted by atomic mass is 9.89. The van der Waals surface area contributed by atoms with E-state index >= 15 is 0 Å². The number of amidine groups is 1. The van der Waals surface area contributed by atoms with E-state index in [-0.39, 0.29) is 5.84 Å². The molecule has 0 saturated heterocycles. The maximum atomic E-state index is 7.54. The maximum absolute atomic E-state index is 7.54. The SMILES string of the molecule is COc1cc(OCC2CC3CCC2C3)cc(C(=N)N)c1. The van der Waals surface area contributed by atoms with Crippen LogP contribution in [0.15, 0.2) is 18.2 Å². The van der Waals surface area contributed by atoms with Crippen LogP contribution in [0.25, 0.3) is 0 Å². The molecule has 1 aromatic carbocycles. The minimum Gasteiger partial charge on any atom is -0.497 e. The zero-order chi connectivity index (χ0) is 14.1. The van der Waals surface area contributed by atoms with Gasteiger partial charge < -0.3 is 15.2 Å². The molecular weight excluding hydrogens is 252 g/mol. The van der Waals surface area contributed by atoms with E-state index in [0.29, 0.717) is 17.2 Å². The number of ether oxygens (including phenoxy) is 2. The van der Waals surface area contributed by atoms with Crippen LogP contribution >= 0.6 is 0 Å². The number of fused-ring (bicyclic) bond motifs is 2. The second-order valence-corrected chi connectivity index (χ2v) is 6.06. The Kier molecular flexibility index (Phi) is 3.55. The topological polar surface area (TPSA) is 68.3 Å². The highest BCUT2D eigenvalue weighted by atomic mass is 16.5. The van der Waals surface area contributed by atoms with Crippen LogP contribution in [-0.4, -0.2) is 19.6 Å². The maximum Gasteiger partial charge on any atom is 0.123 e. The molecule has 0 aliphatic heterocycles. The molecular formula is C16H22N2O2. The number of nitrogen functional groups attached to an aromatic ring is 1. The van der Waals surface area contributed by atoms with Gasteiger partial charge in [0, 0.05) is 11.6 Å². The van der Waals surface area contributed by atoms with E-state index in [1.54, 1.807) is 13.2 Å². The molecule has 2 saturated carbocycles. The first-order chi connectivity index (χ1) is 9.65. The summed E-state index contributed by atoms with van der Waals surface area (Å²) in [6.45, 7) is 0.770. The predicted molar refractivity (Wildman–Crippen MR) is 78.4 cm³/mol. The molecule has 2 fully saturated rings. The van der Waals surface area contributed by atoms with Crippen LogP contribution in [0.5, 0.6) is 11.5 Å². The fourth-order valence-electron chi connectivity index (χ4n) is 3.71. The molecule has 0 aromatic heterocycles. The molecule has 4 heteroatoms. The quantitative estimate of drug-likeness (QED) is 0.641. The van der Waals surface area contributed by atoms with Crippen LogP contribution < -0.4 is 15.2 Å². The summed E-state index contributed by atoms with van der Waals surface area (Å²) in [5, 5.41) is 7.54. The van der Waals surface area contributed by atoms with Gasteiger partial charge in [-0.15, -0.1) is 0 Å². The molecule has 2 aliphatic rings. The zero-order valence-corrected chi connectivity index (χ0v) is 11.9. The molecule has 4 nitrogen and oxygen atoms in total. The molecule has 3 unspecified atom stereocenters. The van der Waals surface area contributed by atoms with Crippen molar-refractivity contribution in [3.8, 4) is 11.5 Å². The summed E-state index contributed by atoms with van der Waals surface area (Å²) in [6.07, 6.45) is 5.49. The van der Waals surface area contributed by atoms with Crippen molar-refractivity contribution in [2.75, 3.05) is 13.7 Å². The largest absolute Gasteiger partial charge is 0.497 e. The van der Waals surface area contributed by atoms with E-state index in [1.165, 1.54) is 25.7 Å². The lowest BCUT2D eigenvalue weighted by Crippen LogP contribution is -2.19. The van der Waals surface area contributed by atoms with Crippen LogP contribution in [0.3, 0.4) is 0 Å². The lowest BCUT2D eigenvalue weighted by molar-refractivity contribution is 0.195. The van der Waals surface area contributed by atoms with Gasteiger partial charge in [0.15, 0.2) is 0 Å². The van der Waals surface area contributed by atoms with E-state index < -0.39 is 0 Å². The molecule has 2 aliphatic carbocycles. The van der Waals surface area contributed by atoms with Crippen molar-refractivity contribution < 1.29 is 9.47 Å². The first-order valence-electron chi connectivity index (χ1n) is 7.32. The number of methoxy groups -OCH3 is 1. The van der Waals surface area contributed by atoms with E-state index in [0.717, 1.165) is 24.2 Å². The van der Waals surface area contributed by atoms with E-state index in [4.69, 9.17) is 20.6 Å². The van der Waals surface area contributed by atoms with E-state index in [1.807, 2.05) is 12.1 Å². The fourth-order valence-corrected chi connectivity index (χ4v) is 3.71. The Labute approximate surface area is 119 Å². The van der Waals surface area contributed by atoms with Crippen molar-refractivity contribution in [1.29, 1.82) is 5.41 Å². The Balaban J connectivity index is 1.67. The van der Waals surface area contributed by atoms with E-state index in [9.17, 15) is 0 Å². The Bertz CT molecular complexity index is 515. The number of hydrogen-bond donors (Lipinski definition) is 2. The van der Waals surface area contributed by atoms with Crippen molar-refractivity contribution in [1.82, 2.24) is 0 Å². The summed E-state index contributed by atoms with van der Waals surface area (Å²) in [5.74, 6) is 3.96. The number of rotatable bonds is 5. The van der Waals surface area contributed by atoms with Crippen LogP contribution in [0, 0.1) is 23.2 Å². The average Bonchev–Trinajstić information content (AvgIpc) is 3.07. The minimum atomic E-state index is 0.0358. The zero-order valence-electron chi connectivity index (χ0n) is 11.9. The van der Waals surface area contributed by atoms with Crippen molar-refractivity contribution >= 4 is 5.84 Å². The Morgan fingerprint density at radius 3 is 2.65 bits per heavy atom. The second-order valence-electron chi connectivity index (χ2n) is 6.06. The van der Waals surface area contributed by atoms with Crippen LogP contribution in [0.4, 0.5) is 0 Å². The van der Waals surface area contributed by atoms with Gasteiger partial charge in [0.25, 0.3) is 0 Å². The molecule has 3 atom stereocenters. The smallest absolute Gasteiger partial charge is 0.123 e. The standard InChI is InChI=1S/C16H22N2O2/c1-19-14-6-12(16(17)18)7-15(8-14)20-9-13-5-10-2-3-11(13)4-10/h6-8,10-11,13H,2-5,9H2,1H3,(H3,17,18). The van der Waals surface area contributed by atoms with Crippen molar-refractivity contribution in [2.45, 2.75) is 25.7 Å². The second kappa shape index (κ2) is 5.35. The highest BCUT2D eigenvalue weighted by molar-refractivity contribution is 5.95. The van der Waals surface area contributed by atoms with Gasteiger partial charge in [0.05, 0.1) is 13.7 Å². The third-order valence-corrected chi connectivity index (χ3v) is 4.78. The molecule has 3 rings (SSSR count). The van der Waals surface area contributed by atoms with Crippen LogP contribution in [-0.2, 0) is 0 Å². The van der Waals surface area contributed by atoms with Gasteiger partial charge in [-0.1, -0.05) is 6.42 Å². The van der Waals surface area contributed by atoms with Crippen molar-refractivity contribution in [3.05, 3.63) is 23.8 Å². The highest BCUT2D eigenvalue weighted by Crippen LogP contribution is 2.48. The molecule has 0 spiro atoms. The molecule has 0 heterocycles. The molecule has 20 heavy (non-hydrogen) atoms. The lowest BCUT2D eigenvalue weighted by Gasteiger charge is -2.22.